The summed E-state index contributed by atoms with van der Waals surface area (Å²) < 4.78 is 5.16. The van der Waals surface area contributed by atoms with Gasteiger partial charge in [-0.3, -0.25) is 0 Å². The molecule has 1 heterocycles. The largest absolute Gasteiger partial charge is 0.462 e. The lowest BCUT2D eigenvalue weighted by Gasteiger charge is -2.28. The fraction of sp³-hybridized carbons (Fsp3) is 0.864. The molecular weight excluding hydrogens is 296 g/mol. The quantitative estimate of drug-likeness (QED) is 0.378. The van der Waals surface area contributed by atoms with E-state index in [2.05, 4.69) is 34.6 Å². The van der Waals surface area contributed by atoms with Gasteiger partial charge in [0, 0.05) is 11.5 Å². The smallest absolute Gasteiger partial charge is 0.330 e. The van der Waals surface area contributed by atoms with Gasteiger partial charge in [0.05, 0.1) is 0 Å². The number of hydrogen-bond acceptors (Lipinski definition) is 2. The van der Waals surface area contributed by atoms with Crippen LogP contribution in [0.2, 0.25) is 0 Å². The van der Waals surface area contributed by atoms with Crippen LogP contribution in [0.4, 0.5) is 0 Å². The summed E-state index contributed by atoms with van der Waals surface area (Å²) >= 11 is 0. The zero-order chi connectivity index (χ0) is 18.0. The van der Waals surface area contributed by atoms with E-state index < -0.39 is 0 Å². The van der Waals surface area contributed by atoms with Gasteiger partial charge in [0.1, 0.15) is 6.61 Å². The third-order valence-corrected chi connectivity index (χ3v) is 5.48. The molecule has 0 spiro atoms. The number of cyclic esters (lactones) is 1. The van der Waals surface area contributed by atoms with Crippen molar-refractivity contribution >= 4 is 5.97 Å². The van der Waals surface area contributed by atoms with Crippen LogP contribution in [0, 0.1) is 23.2 Å². The summed E-state index contributed by atoms with van der Waals surface area (Å²) in [6, 6.07) is 0. The predicted molar refractivity (Wildman–Crippen MR) is 103 cm³/mol. The minimum Gasteiger partial charge on any atom is -0.462 e. The number of carbonyl (C=O) groups is 1. The third kappa shape index (κ3) is 9.49. The van der Waals surface area contributed by atoms with Gasteiger partial charge in [-0.05, 0) is 24.2 Å². The van der Waals surface area contributed by atoms with Crippen LogP contribution in [-0.4, -0.2) is 12.6 Å². The van der Waals surface area contributed by atoms with E-state index in [4.69, 9.17) is 4.74 Å². The number of rotatable bonds is 12. The van der Waals surface area contributed by atoms with Crippen LogP contribution in [0.3, 0.4) is 0 Å². The van der Waals surface area contributed by atoms with E-state index in [0.717, 1.165) is 24.2 Å². The van der Waals surface area contributed by atoms with Gasteiger partial charge in [-0.15, -0.1) is 0 Å². The third-order valence-electron chi connectivity index (χ3n) is 5.48. The van der Waals surface area contributed by atoms with Crippen LogP contribution in [0.1, 0.15) is 92.4 Å². The standard InChI is InChI=1S/C22H40O2/c1-18(2)9-6-10-19(3)11-7-12-20(4)13-8-15-22(5)16-14-21(23)24-17-22/h14,16,18-20H,6-13,15,17H2,1-5H3. The van der Waals surface area contributed by atoms with E-state index in [1.165, 1.54) is 51.4 Å². The molecule has 0 amide bonds. The van der Waals surface area contributed by atoms with Crippen molar-refractivity contribution in [2.24, 2.45) is 23.2 Å². The lowest BCUT2D eigenvalue weighted by molar-refractivity contribution is -0.141. The fourth-order valence-electron chi connectivity index (χ4n) is 3.59. The highest BCUT2D eigenvalue weighted by molar-refractivity contribution is 5.82. The Balaban J connectivity index is 2.06. The van der Waals surface area contributed by atoms with Gasteiger partial charge >= 0.3 is 5.97 Å². The first kappa shape index (κ1) is 21.3. The van der Waals surface area contributed by atoms with Crippen LogP contribution < -0.4 is 0 Å². The first-order valence-electron chi connectivity index (χ1n) is 10.2. The highest BCUT2D eigenvalue weighted by atomic mass is 16.5. The minimum absolute atomic E-state index is 0.0541. The molecule has 2 nitrogen and oxygen atoms in total. The van der Waals surface area contributed by atoms with E-state index >= 15 is 0 Å². The van der Waals surface area contributed by atoms with Crippen molar-refractivity contribution in [3.63, 3.8) is 0 Å². The molecule has 0 saturated heterocycles. The Kier molecular flexibility index (Phi) is 9.69. The lowest BCUT2D eigenvalue weighted by Crippen LogP contribution is -2.27. The van der Waals surface area contributed by atoms with Gasteiger partial charge < -0.3 is 4.74 Å². The van der Waals surface area contributed by atoms with Crippen molar-refractivity contribution in [3.8, 4) is 0 Å². The molecule has 3 atom stereocenters. The molecule has 0 radical (unpaired) electrons. The van der Waals surface area contributed by atoms with E-state index in [0.29, 0.717) is 6.61 Å². The van der Waals surface area contributed by atoms with Gasteiger partial charge in [0.2, 0.25) is 0 Å². The Morgan fingerprint density at radius 2 is 1.50 bits per heavy atom. The molecule has 3 unspecified atom stereocenters. The van der Waals surface area contributed by atoms with Crippen molar-refractivity contribution in [1.29, 1.82) is 0 Å². The summed E-state index contributed by atoms with van der Waals surface area (Å²) in [6.45, 7) is 12.2. The SMILES string of the molecule is CC(C)CCCC(C)CCCC(C)CCCC1(C)C=CC(=O)OC1. The summed E-state index contributed by atoms with van der Waals surface area (Å²) in [5, 5.41) is 0. The zero-order valence-electron chi connectivity index (χ0n) is 16.8. The van der Waals surface area contributed by atoms with Crippen LogP contribution in [0.25, 0.3) is 0 Å². The van der Waals surface area contributed by atoms with E-state index in [-0.39, 0.29) is 11.4 Å². The Morgan fingerprint density at radius 1 is 0.958 bits per heavy atom. The maximum atomic E-state index is 11.1. The molecule has 1 rings (SSSR count). The molecule has 1 aliphatic rings. The van der Waals surface area contributed by atoms with Gasteiger partial charge in [-0.1, -0.05) is 92.1 Å². The van der Waals surface area contributed by atoms with Gasteiger partial charge in [0.25, 0.3) is 0 Å². The molecule has 1 aliphatic heterocycles. The molecule has 0 aromatic heterocycles. The van der Waals surface area contributed by atoms with Crippen molar-refractivity contribution in [2.75, 3.05) is 6.61 Å². The number of esters is 1. The molecular formula is C22H40O2. The normalized spacial score (nSPS) is 23.3. The Bertz CT molecular complexity index is 385. The molecule has 2 heteroatoms. The van der Waals surface area contributed by atoms with Gasteiger partial charge in [-0.25, -0.2) is 4.79 Å². The predicted octanol–water partition coefficient (Wildman–Crippen LogP) is 6.54. The molecule has 0 aliphatic carbocycles. The lowest BCUT2D eigenvalue weighted by atomic mass is 9.82. The summed E-state index contributed by atoms with van der Waals surface area (Å²) in [5.41, 5.74) is 0.0541. The van der Waals surface area contributed by atoms with Gasteiger partial charge in [0.15, 0.2) is 0 Å². The summed E-state index contributed by atoms with van der Waals surface area (Å²) in [6.07, 6.45) is 15.6. The molecule has 0 fully saturated rings. The summed E-state index contributed by atoms with van der Waals surface area (Å²) in [5.74, 6) is 2.36. The summed E-state index contributed by atoms with van der Waals surface area (Å²) in [4.78, 5) is 11.1. The minimum atomic E-state index is -0.191. The average molecular weight is 337 g/mol. The second-order valence-corrected chi connectivity index (χ2v) is 8.95. The van der Waals surface area contributed by atoms with Crippen LogP contribution in [-0.2, 0) is 9.53 Å². The van der Waals surface area contributed by atoms with Crippen molar-refractivity contribution in [1.82, 2.24) is 0 Å². The Morgan fingerprint density at radius 3 is 2.00 bits per heavy atom. The first-order chi connectivity index (χ1) is 11.3. The number of hydrogen-bond donors (Lipinski definition) is 0. The van der Waals surface area contributed by atoms with E-state index in [1.807, 2.05) is 6.08 Å². The monoisotopic (exact) mass is 336 g/mol. The number of ether oxygens (including phenoxy) is 1. The van der Waals surface area contributed by atoms with Crippen molar-refractivity contribution in [2.45, 2.75) is 92.4 Å². The second-order valence-electron chi connectivity index (χ2n) is 8.95. The van der Waals surface area contributed by atoms with Crippen molar-refractivity contribution in [3.05, 3.63) is 12.2 Å². The second kappa shape index (κ2) is 10.9. The first-order valence-corrected chi connectivity index (χ1v) is 10.2. The van der Waals surface area contributed by atoms with Crippen molar-refractivity contribution < 1.29 is 9.53 Å². The van der Waals surface area contributed by atoms with Crippen LogP contribution >= 0.6 is 0 Å². The average Bonchev–Trinajstić information content (AvgIpc) is 2.50. The molecule has 140 valence electrons. The molecule has 0 saturated carbocycles. The number of carbonyl (C=O) groups excluding carboxylic acids is 1. The maximum absolute atomic E-state index is 11.1. The van der Waals surface area contributed by atoms with Crippen LogP contribution in [0.15, 0.2) is 12.2 Å². The van der Waals surface area contributed by atoms with Gasteiger partial charge in [-0.2, -0.15) is 0 Å². The highest BCUT2D eigenvalue weighted by Gasteiger charge is 2.26. The topological polar surface area (TPSA) is 26.3 Å². The van der Waals surface area contributed by atoms with Crippen LogP contribution in [0.5, 0.6) is 0 Å². The Hall–Kier alpha value is -0.790. The maximum Gasteiger partial charge on any atom is 0.330 e. The molecule has 0 N–H and O–H groups in total. The summed E-state index contributed by atoms with van der Waals surface area (Å²) in [7, 11) is 0. The molecule has 0 bridgehead atoms. The molecule has 24 heavy (non-hydrogen) atoms. The highest BCUT2D eigenvalue weighted by Crippen LogP contribution is 2.30. The Labute approximate surface area is 150 Å². The molecule has 0 aromatic rings. The van der Waals surface area contributed by atoms with E-state index in [1.54, 1.807) is 6.08 Å². The fourth-order valence-corrected chi connectivity index (χ4v) is 3.59. The molecule has 0 aromatic carbocycles. The zero-order valence-corrected chi connectivity index (χ0v) is 16.8. The van der Waals surface area contributed by atoms with E-state index in [9.17, 15) is 4.79 Å².